The molecule has 0 aromatic heterocycles. The second-order valence-corrected chi connectivity index (χ2v) is 8.42. The van der Waals surface area contributed by atoms with Crippen LogP contribution in [0.3, 0.4) is 0 Å². The first-order valence-electron chi connectivity index (χ1n) is 6.50. The van der Waals surface area contributed by atoms with Crippen molar-refractivity contribution < 1.29 is 8.42 Å². The fourth-order valence-corrected chi connectivity index (χ4v) is 4.64. The lowest BCUT2D eigenvalue weighted by Gasteiger charge is -2.34. The van der Waals surface area contributed by atoms with E-state index in [4.69, 9.17) is 11.6 Å². The van der Waals surface area contributed by atoms with Gasteiger partial charge in [-0.3, -0.25) is 0 Å². The predicted molar refractivity (Wildman–Crippen MR) is 77.8 cm³/mol. The predicted octanol–water partition coefficient (Wildman–Crippen LogP) is 3.54. The van der Waals surface area contributed by atoms with Crippen LogP contribution in [0.1, 0.15) is 33.6 Å². The Balaban J connectivity index is 2.37. The zero-order valence-corrected chi connectivity index (χ0v) is 13.1. The van der Waals surface area contributed by atoms with Gasteiger partial charge in [0.05, 0.1) is 4.90 Å². The molecule has 1 heterocycles. The van der Waals surface area contributed by atoms with E-state index in [2.05, 4.69) is 20.8 Å². The van der Waals surface area contributed by atoms with Crippen molar-refractivity contribution in [1.29, 1.82) is 0 Å². The third-order valence-corrected chi connectivity index (χ3v) is 5.80. The van der Waals surface area contributed by atoms with E-state index in [1.54, 1.807) is 28.6 Å². The summed E-state index contributed by atoms with van der Waals surface area (Å²) in [7, 11) is -3.41. The summed E-state index contributed by atoms with van der Waals surface area (Å²) in [6.07, 6.45) is 1.85. The summed E-state index contributed by atoms with van der Waals surface area (Å²) in [5, 5.41) is 0.549. The van der Waals surface area contributed by atoms with E-state index in [1.165, 1.54) is 0 Å². The fourth-order valence-electron chi connectivity index (χ4n) is 2.63. The van der Waals surface area contributed by atoms with Crippen LogP contribution in [0.15, 0.2) is 29.2 Å². The molecule has 1 unspecified atom stereocenters. The average molecular weight is 302 g/mol. The van der Waals surface area contributed by atoms with Crippen LogP contribution >= 0.6 is 11.6 Å². The van der Waals surface area contributed by atoms with E-state index in [1.807, 2.05) is 0 Å². The first-order valence-corrected chi connectivity index (χ1v) is 8.32. The zero-order chi connectivity index (χ0) is 14.3. The molecule has 0 amide bonds. The summed E-state index contributed by atoms with van der Waals surface area (Å²) in [6, 6.07) is 6.46. The Bertz CT molecular complexity index is 546. The van der Waals surface area contributed by atoms with Crippen molar-refractivity contribution in [2.24, 2.45) is 5.41 Å². The summed E-state index contributed by atoms with van der Waals surface area (Å²) >= 11 is 5.81. The van der Waals surface area contributed by atoms with Gasteiger partial charge in [0.25, 0.3) is 0 Å². The third-order valence-electron chi connectivity index (χ3n) is 3.62. The number of rotatable bonds is 2. The van der Waals surface area contributed by atoms with Gasteiger partial charge in [-0.1, -0.05) is 32.4 Å². The van der Waals surface area contributed by atoms with Crippen molar-refractivity contribution in [2.75, 3.05) is 6.54 Å². The minimum atomic E-state index is -3.41. The lowest BCUT2D eigenvalue weighted by molar-refractivity contribution is 0.216. The molecule has 19 heavy (non-hydrogen) atoms. The second-order valence-electron chi connectivity index (χ2n) is 6.09. The third kappa shape index (κ3) is 2.96. The molecule has 5 heteroatoms. The quantitative estimate of drug-likeness (QED) is 0.838. The van der Waals surface area contributed by atoms with Crippen LogP contribution in [-0.2, 0) is 10.0 Å². The Morgan fingerprint density at radius 1 is 1.21 bits per heavy atom. The maximum absolute atomic E-state index is 12.7. The van der Waals surface area contributed by atoms with E-state index in [0.717, 1.165) is 12.8 Å². The smallest absolute Gasteiger partial charge is 0.207 e. The number of benzene rings is 1. The molecule has 1 aliphatic rings. The number of hydrogen-bond acceptors (Lipinski definition) is 2. The molecule has 1 aromatic carbocycles. The molecule has 0 bridgehead atoms. The highest BCUT2D eigenvalue weighted by atomic mass is 35.5. The fraction of sp³-hybridized carbons (Fsp3) is 0.571. The lowest BCUT2D eigenvalue weighted by atomic mass is 9.86. The molecule has 106 valence electrons. The van der Waals surface area contributed by atoms with E-state index in [-0.39, 0.29) is 11.5 Å². The number of halogens is 1. The SMILES string of the molecule is CC(C)(C)C1CCCN1S(=O)(=O)c1ccc(Cl)cc1. The monoisotopic (exact) mass is 301 g/mol. The van der Waals surface area contributed by atoms with Crippen LogP contribution < -0.4 is 0 Å². The van der Waals surface area contributed by atoms with Gasteiger partial charge >= 0.3 is 0 Å². The van der Waals surface area contributed by atoms with Gasteiger partial charge in [0.2, 0.25) is 10.0 Å². The Hall–Kier alpha value is -0.580. The van der Waals surface area contributed by atoms with E-state index < -0.39 is 10.0 Å². The maximum Gasteiger partial charge on any atom is 0.243 e. The van der Waals surface area contributed by atoms with Crippen molar-refractivity contribution >= 4 is 21.6 Å². The van der Waals surface area contributed by atoms with E-state index in [0.29, 0.717) is 16.5 Å². The normalized spacial score (nSPS) is 21.8. The topological polar surface area (TPSA) is 37.4 Å². The molecule has 1 atom stereocenters. The van der Waals surface area contributed by atoms with Gasteiger partial charge < -0.3 is 0 Å². The number of hydrogen-bond donors (Lipinski definition) is 0. The lowest BCUT2D eigenvalue weighted by Crippen LogP contribution is -2.42. The highest BCUT2D eigenvalue weighted by molar-refractivity contribution is 7.89. The maximum atomic E-state index is 12.7. The Labute approximate surface area is 120 Å². The molecular weight excluding hydrogens is 282 g/mol. The van der Waals surface area contributed by atoms with Gasteiger partial charge in [0, 0.05) is 17.6 Å². The first kappa shape index (κ1) is 14.8. The van der Waals surface area contributed by atoms with Crippen LogP contribution in [-0.4, -0.2) is 25.3 Å². The van der Waals surface area contributed by atoms with Crippen LogP contribution in [0.5, 0.6) is 0 Å². The summed E-state index contributed by atoms with van der Waals surface area (Å²) in [4.78, 5) is 0.327. The number of nitrogens with zero attached hydrogens (tertiary/aromatic N) is 1. The molecule has 0 spiro atoms. The van der Waals surface area contributed by atoms with Crippen molar-refractivity contribution in [2.45, 2.75) is 44.6 Å². The van der Waals surface area contributed by atoms with E-state index >= 15 is 0 Å². The molecular formula is C14H20ClNO2S. The molecule has 1 aliphatic heterocycles. The van der Waals surface area contributed by atoms with Gasteiger partial charge in [0.1, 0.15) is 0 Å². The highest BCUT2D eigenvalue weighted by Gasteiger charge is 2.41. The van der Waals surface area contributed by atoms with Gasteiger partial charge in [-0.25, -0.2) is 8.42 Å². The molecule has 3 nitrogen and oxygen atoms in total. The van der Waals surface area contributed by atoms with Crippen molar-refractivity contribution in [1.82, 2.24) is 4.31 Å². The summed E-state index contributed by atoms with van der Waals surface area (Å²) in [5.41, 5.74) is -0.0456. The Kier molecular flexibility index (Phi) is 3.96. The Morgan fingerprint density at radius 3 is 2.32 bits per heavy atom. The van der Waals surface area contributed by atoms with Crippen LogP contribution in [0, 0.1) is 5.41 Å². The molecule has 0 radical (unpaired) electrons. The summed E-state index contributed by atoms with van der Waals surface area (Å²) < 4.78 is 27.0. The molecule has 1 fully saturated rings. The van der Waals surface area contributed by atoms with Gasteiger partial charge in [-0.05, 0) is 42.5 Å². The van der Waals surface area contributed by atoms with Gasteiger partial charge in [-0.15, -0.1) is 0 Å². The summed E-state index contributed by atoms with van der Waals surface area (Å²) in [5.74, 6) is 0. The van der Waals surface area contributed by atoms with Crippen LogP contribution in [0.2, 0.25) is 5.02 Å². The molecule has 0 N–H and O–H groups in total. The summed E-state index contributed by atoms with van der Waals surface area (Å²) in [6.45, 7) is 6.88. The minimum Gasteiger partial charge on any atom is -0.207 e. The van der Waals surface area contributed by atoms with Crippen molar-refractivity contribution in [3.05, 3.63) is 29.3 Å². The zero-order valence-electron chi connectivity index (χ0n) is 11.6. The molecule has 2 rings (SSSR count). The van der Waals surface area contributed by atoms with Crippen LogP contribution in [0.4, 0.5) is 0 Å². The van der Waals surface area contributed by atoms with Crippen LogP contribution in [0.25, 0.3) is 0 Å². The number of sulfonamides is 1. The van der Waals surface area contributed by atoms with Crippen molar-refractivity contribution in [3.63, 3.8) is 0 Å². The van der Waals surface area contributed by atoms with Gasteiger partial charge in [-0.2, -0.15) is 4.31 Å². The molecule has 1 saturated heterocycles. The van der Waals surface area contributed by atoms with Gasteiger partial charge in [0.15, 0.2) is 0 Å². The highest BCUT2D eigenvalue weighted by Crippen LogP contribution is 2.36. The Morgan fingerprint density at radius 2 is 1.79 bits per heavy atom. The molecule has 0 saturated carbocycles. The van der Waals surface area contributed by atoms with Crippen molar-refractivity contribution in [3.8, 4) is 0 Å². The standard InChI is InChI=1S/C14H20ClNO2S/c1-14(2,3)13-5-4-10-16(13)19(17,18)12-8-6-11(15)7-9-12/h6-9,13H,4-5,10H2,1-3H3. The second kappa shape index (κ2) is 5.08. The largest absolute Gasteiger partial charge is 0.243 e. The molecule has 0 aliphatic carbocycles. The first-order chi connectivity index (χ1) is 8.73. The molecule has 1 aromatic rings. The average Bonchev–Trinajstić information content (AvgIpc) is 2.78. The van der Waals surface area contributed by atoms with E-state index in [9.17, 15) is 8.42 Å². The minimum absolute atomic E-state index is 0.0456.